The van der Waals surface area contributed by atoms with Gasteiger partial charge in [-0.1, -0.05) is 29.8 Å². The van der Waals surface area contributed by atoms with E-state index in [0.29, 0.717) is 17.8 Å². The van der Waals surface area contributed by atoms with E-state index < -0.39 is 0 Å². The van der Waals surface area contributed by atoms with Crippen LogP contribution >= 0.6 is 0 Å². The first-order valence-electron chi connectivity index (χ1n) is 9.01. The van der Waals surface area contributed by atoms with Gasteiger partial charge in [-0.05, 0) is 43.2 Å². The maximum absolute atomic E-state index is 12.6. The van der Waals surface area contributed by atoms with Crippen LogP contribution in [0.1, 0.15) is 27.0 Å². The van der Waals surface area contributed by atoms with Gasteiger partial charge in [0, 0.05) is 28.9 Å². The minimum absolute atomic E-state index is 0.136. The van der Waals surface area contributed by atoms with Gasteiger partial charge in [0.1, 0.15) is 0 Å². The van der Waals surface area contributed by atoms with E-state index in [1.165, 1.54) is 5.56 Å². The van der Waals surface area contributed by atoms with E-state index in [-0.39, 0.29) is 11.5 Å². The number of anilines is 1. The molecule has 4 aromatic rings. The molecule has 28 heavy (non-hydrogen) atoms. The number of fused-ring (bicyclic) bond motifs is 1. The van der Waals surface area contributed by atoms with Crippen molar-refractivity contribution in [3.8, 4) is 0 Å². The molecular weight excluding hydrogens is 352 g/mol. The van der Waals surface area contributed by atoms with Gasteiger partial charge in [0.2, 0.25) is 5.56 Å². The Hall–Kier alpha value is -3.67. The lowest BCUT2D eigenvalue weighted by Crippen LogP contribution is -2.11. The Morgan fingerprint density at radius 1 is 1.11 bits per heavy atom. The summed E-state index contributed by atoms with van der Waals surface area (Å²) in [6.07, 6.45) is 3.30. The Morgan fingerprint density at radius 2 is 1.89 bits per heavy atom. The minimum atomic E-state index is -0.225. The number of H-pyrrole nitrogens is 1. The molecule has 0 bridgehead atoms. The molecule has 0 aliphatic carbocycles. The number of rotatable bonds is 4. The molecule has 0 aliphatic heterocycles. The highest BCUT2D eigenvalue weighted by molar-refractivity contribution is 6.04. The molecule has 4 rings (SSSR count). The van der Waals surface area contributed by atoms with Crippen molar-refractivity contribution >= 4 is 22.5 Å². The van der Waals surface area contributed by atoms with Crippen LogP contribution in [-0.4, -0.2) is 20.7 Å². The third-order valence-electron chi connectivity index (χ3n) is 4.67. The molecule has 6 heteroatoms. The molecule has 0 fully saturated rings. The standard InChI is InChI=1S/C22H20N4O2/c1-14-3-5-16(6-4-14)12-26-13-17(11-23-26)22(28)24-18-7-8-20-19(10-18)15(2)9-21(27)25-20/h3-11,13H,12H2,1-2H3,(H,24,28)(H,25,27). The zero-order chi connectivity index (χ0) is 19.7. The SMILES string of the molecule is Cc1ccc(Cn2cc(C(=O)Nc3ccc4[nH]c(=O)cc(C)c4c3)cn2)cc1. The molecule has 6 nitrogen and oxygen atoms in total. The Balaban J connectivity index is 1.51. The molecule has 1 amide bonds. The smallest absolute Gasteiger partial charge is 0.258 e. The number of hydrogen-bond acceptors (Lipinski definition) is 3. The summed E-state index contributed by atoms with van der Waals surface area (Å²) in [4.78, 5) is 26.9. The second-order valence-corrected chi connectivity index (χ2v) is 6.94. The average molecular weight is 372 g/mol. The Bertz CT molecular complexity index is 1220. The molecule has 0 unspecified atom stereocenters. The first-order valence-corrected chi connectivity index (χ1v) is 9.01. The number of aryl methyl sites for hydroxylation is 2. The van der Waals surface area contributed by atoms with E-state index >= 15 is 0 Å². The number of pyridine rings is 1. The van der Waals surface area contributed by atoms with E-state index in [0.717, 1.165) is 22.0 Å². The summed E-state index contributed by atoms with van der Waals surface area (Å²) in [5.74, 6) is -0.225. The van der Waals surface area contributed by atoms with Gasteiger partial charge in [-0.15, -0.1) is 0 Å². The van der Waals surface area contributed by atoms with Crippen LogP contribution in [0.25, 0.3) is 10.9 Å². The molecule has 2 N–H and O–H groups in total. The number of carbonyl (C=O) groups excluding carboxylic acids is 1. The fourth-order valence-electron chi connectivity index (χ4n) is 3.15. The summed E-state index contributed by atoms with van der Waals surface area (Å²) >= 11 is 0. The lowest BCUT2D eigenvalue weighted by atomic mass is 10.1. The molecular formula is C22H20N4O2. The largest absolute Gasteiger partial charge is 0.322 e. The lowest BCUT2D eigenvalue weighted by Gasteiger charge is -2.07. The molecule has 0 radical (unpaired) electrons. The monoisotopic (exact) mass is 372 g/mol. The first kappa shape index (κ1) is 17.7. The Labute approximate surface area is 161 Å². The number of amides is 1. The van der Waals surface area contributed by atoms with Crippen LogP contribution in [0.2, 0.25) is 0 Å². The van der Waals surface area contributed by atoms with Crippen molar-refractivity contribution in [2.75, 3.05) is 5.32 Å². The third kappa shape index (κ3) is 3.71. The van der Waals surface area contributed by atoms with Crippen LogP contribution < -0.4 is 10.9 Å². The second kappa shape index (κ2) is 7.15. The molecule has 2 heterocycles. The quantitative estimate of drug-likeness (QED) is 0.574. The molecule has 2 aromatic heterocycles. The molecule has 2 aromatic carbocycles. The van der Waals surface area contributed by atoms with Gasteiger partial charge in [-0.25, -0.2) is 0 Å². The summed E-state index contributed by atoms with van der Waals surface area (Å²) in [6, 6.07) is 15.2. The van der Waals surface area contributed by atoms with E-state index in [1.54, 1.807) is 35.3 Å². The fourth-order valence-corrected chi connectivity index (χ4v) is 3.15. The predicted octanol–water partition coefficient (Wildman–Crippen LogP) is 3.64. The maximum atomic E-state index is 12.6. The topological polar surface area (TPSA) is 79.8 Å². The van der Waals surface area contributed by atoms with Crippen molar-refractivity contribution in [3.05, 3.63) is 93.5 Å². The highest BCUT2D eigenvalue weighted by Gasteiger charge is 2.10. The van der Waals surface area contributed by atoms with E-state index in [1.807, 2.05) is 19.9 Å². The molecule has 0 atom stereocenters. The zero-order valence-corrected chi connectivity index (χ0v) is 15.7. The first-order chi connectivity index (χ1) is 13.5. The summed E-state index contributed by atoms with van der Waals surface area (Å²) in [6.45, 7) is 4.53. The molecule has 140 valence electrons. The molecule has 0 aliphatic rings. The molecule has 0 saturated heterocycles. The summed E-state index contributed by atoms with van der Waals surface area (Å²) in [7, 11) is 0. The van der Waals surface area contributed by atoms with Crippen LogP contribution in [0, 0.1) is 13.8 Å². The number of hydrogen-bond donors (Lipinski definition) is 2. The Kier molecular flexibility index (Phi) is 4.53. The van der Waals surface area contributed by atoms with Gasteiger partial charge in [-0.2, -0.15) is 5.10 Å². The van der Waals surface area contributed by atoms with Crippen LogP contribution in [-0.2, 0) is 6.54 Å². The van der Waals surface area contributed by atoms with Gasteiger partial charge in [0.05, 0.1) is 18.3 Å². The van der Waals surface area contributed by atoms with Crippen molar-refractivity contribution < 1.29 is 4.79 Å². The van der Waals surface area contributed by atoms with Crippen molar-refractivity contribution in [1.82, 2.24) is 14.8 Å². The normalized spacial score (nSPS) is 10.9. The van der Waals surface area contributed by atoms with Gasteiger partial charge in [-0.3, -0.25) is 14.3 Å². The summed E-state index contributed by atoms with van der Waals surface area (Å²) < 4.78 is 1.74. The highest BCUT2D eigenvalue weighted by atomic mass is 16.1. The Morgan fingerprint density at radius 3 is 2.68 bits per heavy atom. The van der Waals surface area contributed by atoms with Crippen LogP contribution in [0.15, 0.2) is 65.7 Å². The van der Waals surface area contributed by atoms with Crippen molar-refractivity contribution in [1.29, 1.82) is 0 Å². The van der Waals surface area contributed by atoms with Crippen molar-refractivity contribution in [2.24, 2.45) is 0 Å². The highest BCUT2D eigenvalue weighted by Crippen LogP contribution is 2.20. The van der Waals surface area contributed by atoms with Crippen molar-refractivity contribution in [3.63, 3.8) is 0 Å². The third-order valence-corrected chi connectivity index (χ3v) is 4.67. The minimum Gasteiger partial charge on any atom is -0.322 e. The van der Waals surface area contributed by atoms with E-state index in [2.05, 4.69) is 39.7 Å². The van der Waals surface area contributed by atoms with Crippen molar-refractivity contribution in [2.45, 2.75) is 20.4 Å². The number of nitrogens with zero attached hydrogens (tertiary/aromatic N) is 2. The number of carbonyl (C=O) groups is 1. The summed E-state index contributed by atoms with van der Waals surface area (Å²) in [5.41, 5.74) is 4.96. The predicted molar refractivity (Wildman–Crippen MR) is 110 cm³/mol. The summed E-state index contributed by atoms with van der Waals surface area (Å²) in [5, 5.41) is 8.07. The van der Waals surface area contributed by atoms with Crippen LogP contribution in [0.3, 0.4) is 0 Å². The zero-order valence-electron chi connectivity index (χ0n) is 15.7. The van der Waals surface area contributed by atoms with Gasteiger partial charge < -0.3 is 10.3 Å². The van der Waals surface area contributed by atoms with Crippen LogP contribution in [0.5, 0.6) is 0 Å². The number of aromatic amines is 1. The van der Waals surface area contributed by atoms with E-state index in [4.69, 9.17) is 0 Å². The average Bonchev–Trinajstić information content (AvgIpc) is 3.13. The number of aromatic nitrogens is 3. The molecule has 0 spiro atoms. The van der Waals surface area contributed by atoms with Gasteiger partial charge in [0.25, 0.3) is 5.91 Å². The van der Waals surface area contributed by atoms with Gasteiger partial charge >= 0.3 is 0 Å². The van der Waals surface area contributed by atoms with Crippen LogP contribution in [0.4, 0.5) is 5.69 Å². The van der Waals surface area contributed by atoms with E-state index in [9.17, 15) is 9.59 Å². The molecule has 0 saturated carbocycles. The van der Waals surface area contributed by atoms with Gasteiger partial charge in [0.15, 0.2) is 0 Å². The lowest BCUT2D eigenvalue weighted by molar-refractivity contribution is 0.102. The maximum Gasteiger partial charge on any atom is 0.258 e. The number of benzene rings is 2. The second-order valence-electron chi connectivity index (χ2n) is 6.94. The number of nitrogens with one attached hydrogen (secondary N) is 2. The fraction of sp³-hybridized carbons (Fsp3) is 0.136.